The first kappa shape index (κ1) is 18.0. The number of carbonyl (C=O) groups is 1. The molecule has 1 amide bonds. The Bertz CT molecular complexity index is 746. The standard InChI is InChI=1S/C20H25ClN2O2/c1-4-22(12-16-9-10-25-13-16)20(24)19-11-14(2)23(15(19)3)18-7-5-17(21)6-8-18/h5-8,11,16H,4,9-10,12-13H2,1-3H3. The number of rotatable bonds is 5. The molecule has 4 nitrogen and oxygen atoms in total. The number of carbonyl (C=O) groups excluding carboxylic acids is 1. The van der Waals surface area contributed by atoms with E-state index in [1.54, 1.807) is 0 Å². The Balaban J connectivity index is 1.87. The van der Waals surface area contributed by atoms with E-state index in [9.17, 15) is 4.79 Å². The smallest absolute Gasteiger partial charge is 0.255 e. The van der Waals surface area contributed by atoms with E-state index in [-0.39, 0.29) is 5.91 Å². The summed E-state index contributed by atoms with van der Waals surface area (Å²) < 4.78 is 7.56. The van der Waals surface area contributed by atoms with Gasteiger partial charge < -0.3 is 14.2 Å². The number of amides is 1. The first-order valence-electron chi connectivity index (χ1n) is 8.83. The summed E-state index contributed by atoms with van der Waals surface area (Å²) in [4.78, 5) is 15.0. The fourth-order valence-electron chi connectivity index (χ4n) is 3.53. The SMILES string of the molecule is CCN(CC1CCOC1)C(=O)c1cc(C)n(-c2ccc(Cl)cc2)c1C. The molecule has 5 heteroatoms. The highest BCUT2D eigenvalue weighted by Gasteiger charge is 2.25. The molecule has 1 aliphatic rings. The van der Waals surface area contributed by atoms with Gasteiger partial charge in [-0.1, -0.05) is 11.6 Å². The summed E-state index contributed by atoms with van der Waals surface area (Å²) in [6, 6.07) is 9.68. The fraction of sp³-hybridized carbons (Fsp3) is 0.450. The van der Waals surface area contributed by atoms with Crippen LogP contribution < -0.4 is 0 Å². The molecule has 0 bridgehead atoms. The van der Waals surface area contributed by atoms with Gasteiger partial charge >= 0.3 is 0 Å². The molecule has 1 atom stereocenters. The molecular formula is C20H25ClN2O2. The molecule has 1 aromatic carbocycles. The molecule has 0 saturated carbocycles. The third-order valence-electron chi connectivity index (χ3n) is 4.92. The van der Waals surface area contributed by atoms with Crippen LogP contribution in [0.25, 0.3) is 5.69 Å². The van der Waals surface area contributed by atoms with E-state index in [0.717, 1.165) is 48.8 Å². The van der Waals surface area contributed by atoms with Gasteiger partial charge in [0, 0.05) is 47.7 Å². The van der Waals surface area contributed by atoms with Gasteiger partial charge in [-0.2, -0.15) is 0 Å². The molecule has 0 spiro atoms. The number of halogens is 1. The number of hydrogen-bond donors (Lipinski definition) is 0. The summed E-state index contributed by atoms with van der Waals surface area (Å²) in [6.45, 7) is 9.10. The van der Waals surface area contributed by atoms with Gasteiger partial charge in [0.05, 0.1) is 12.2 Å². The van der Waals surface area contributed by atoms with Crippen molar-refractivity contribution in [2.24, 2.45) is 5.92 Å². The Morgan fingerprint density at radius 3 is 2.64 bits per heavy atom. The number of aryl methyl sites for hydroxylation is 1. The quantitative estimate of drug-likeness (QED) is 0.799. The topological polar surface area (TPSA) is 34.5 Å². The molecule has 0 aliphatic carbocycles. The summed E-state index contributed by atoms with van der Waals surface area (Å²) in [5.74, 6) is 0.548. The summed E-state index contributed by atoms with van der Waals surface area (Å²) in [6.07, 6.45) is 1.04. The summed E-state index contributed by atoms with van der Waals surface area (Å²) >= 11 is 6.00. The minimum absolute atomic E-state index is 0.0997. The van der Waals surface area contributed by atoms with Crippen LogP contribution in [0.1, 0.15) is 35.1 Å². The third-order valence-corrected chi connectivity index (χ3v) is 5.17. The highest BCUT2D eigenvalue weighted by atomic mass is 35.5. The zero-order chi connectivity index (χ0) is 18.0. The van der Waals surface area contributed by atoms with Crippen molar-refractivity contribution < 1.29 is 9.53 Å². The Labute approximate surface area is 154 Å². The van der Waals surface area contributed by atoms with Crippen molar-refractivity contribution in [1.29, 1.82) is 0 Å². The molecule has 1 saturated heterocycles. The van der Waals surface area contributed by atoms with Gasteiger partial charge in [-0.15, -0.1) is 0 Å². The van der Waals surface area contributed by atoms with Crippen molar-refractivity contribution in [2.75, 3.05) is 26.3 Å². The lowest BCUT2D eigenvalue weighted by atomic mass is 10.1. The summed E-state index contributed by atoms with van der Waals surface area (Å²) in [7, 11) is 0. The molecule has 0 N–H and O–H groups in total. The van der Waals surface area contributed by atoms with Gasteiger partial charge in [-0.3, -0.25) is 4.79 Å². The largest absolute Gasteiger partial charge is 0.381 e. The first-order chi connectivity index (χ1) is 12.0. The van der Waals surface area contributed by atoms with Crippen LogP contribution in [0.5, 0.6) is 0 Å². The van der Waals surface area contributed by atoms with Crippen LogP contribution in [0.2, 0.25) is 5.02 Å². The zero-order valence-corrected chi connectivity index (χ0v) is 15.8. The molecule has 2 heterocycles. The van der Waals surface area contributed by atoms with E-state index in [0.29, 0.717) is 17.5 Å². The number of hydrogen-bond acceptors (Lipinski definition) is 2. The maximum atomic E-state index is 13.1. The van der Waals surface area contributed by atoms with Crippen LogP contribution in [0.15, 0.2) is 30.3 Å². The molecule has 2 aromatic rings. The normalized spacial score (nSPS) is 17.0. The van der Waals surface area contributed by atoms with Gasteiger partial charge in [-0.05, 0) is 57.5 Å². The molecule has 1 aliphatic heterocycles. The third kappa shape index (κ3) is 3.75. The number of aromatic nitrogens is 1. The average molecular weight is 361 g/mol. The second-order valence-electron chi connectivity index (χ2n) is 6.67. The lowest BCUT2D eigenvalue weighted by molar-refractivity contribution is 0.0730. The van der Waals surface area contributed by atoms with Crippen LogP contribution in [0.3, 0.4) is 0 Å². The van der Waals surface area contributed by atoms with Gasteiger partial charge in [0.15, 0.2) is 0 Å². The van der Waals surface area contributed by atoms with E-state index in [2.05, 4.69) is 4.57 Å². The maximum Gasteiger partial charge on any atom is 0.255 e. The Morgan fingerprint density at radius 1 is 1.32 bits per heavy atom. The lowest BCUT2D eigenvalue weighted by Crippen LogP contribution is -2.35. The van der Waals surface area contributed by atoms with Crippen molar-refractivity contribution in [3.05, 3.63) is 52.3 Å². The van der Waals surface area contributed by atoms with Crippen molar-refractivity contribution in [2.45, 2.75) is 27.2 Å². The van der Waals surface area contributed by atoms with Crippen LogP contribution >= 0.6 is 11.6 Å². The molecule has 0 radical (unpaired) electrons. The van der Waals surface area contributed by atoms with Gasteiger partial charge in [0.2, 0.25) is 0 Å². The van der Waals surface area contributed by atoms with Crippen LogP contribution in [-0.4, -0.2) is 41.7 Å². The van der Waals surface area contributed by atoms with Gasteiger partial charge in [0.1, 0.15) is 0 Å². The molecule has 134 valence electrons. The number of benzene rings is 1. The van der Waals surface area contributed by atoms with Crippen molar-refractivity contribution >= 4 is 17.5 Å². The van der Waals surface area contributed by atoms with Crippen LogP contribution in [-0.2, 0) is 4.74 Å². The fourth-order valence-corrected chi connectivity index (χ4v) is 3.66. The van der Waals surface area contributed by atoms with Gasteiger partial charge in [-0.25, -0.2) is 0 Å². The summed E-state index contributed by atoms with van der Waals surface area (Å²) in [5, 5.41) is 0.707. The lowest BCUT2D eigenvalue weighted by Gasteiger charge is -2.24. The van der Waals surface area contributed by atoms with E-state index >= 15 is 0 Å². The minimum atomic E-state index is 0.0997. The van der Waals surface area contributed by atoms with Gasteiger partial charge in [0.25, 0.3) is 5.91 Å². The zero-order valence-electron chi connectivity index (χ0n) is 15.1. The van der Waals surface area contributed by atoms with Crippen molar-refractivity contribution in [3.8, 4) is 5.69 Å². The number of ether oxygens (including phenoxy) is 1. The van der Waals surface area contributed by atoms with Crippen LogP contribution in [0, 0.1) is 19.8 Å². The molecule has 1 aromatic heterocycles. The number of nitrogens with zero attached hydrogens (tertiary/aromatic N) is 2. The second kappa shape index (κ2) is 7.63. The molecule has 3 rings (SSSR count). The highest BCUT2D eigenvalue weighted by molar-refractivity contribution is 6.30. The van der Waals surface area contributed by atoms with E-state index < -0.39 is 0 Å². The predicted octanol–water partition coefficient (Wildman–Crippen LogP) is 4.25. The van der Waals surface area contributed by atoms with Crippen molar-refractivity contribution in [1.82, 2.24) is 9.47 Å². The monoisotopic (exact) mass is 360 g/mol. The minimum Gasteiger partial charge on any atom is -0.381 e. The maximum absolute atomic E-state index is 13.1. The Morgan fingerprint density at radius 2 is 2.04 bits per heavy atom. The molecule has 25 heavy (non-hydrogen) atoms. The Kier molecular flexibility index (Phi) is 5.50. The summed E-state index contributed by atoms with van der Waals surface area (Å²) in [5.41, 5.74) is 3.80. The highest BCUT2D eigenvalue weighted by Crippen LogP contribution is 2.24. The molecular weight excluding hydrogens is 336 g/mol. The van der Waals surface area contributed by atoms with E-state index in [1.165, 1.54) is 0 Å². The predicted molar refractivity (Wildman–Crippen MR) is 101 cm³/mol. The van der Waals surface area contributed by atoms with Crippen LogP contribution in [0.4, 0.5) is 0 Å². The first-order valence-corrected chi connectivity index (χ1v) is 9.21. The second-order valence-corrected chi connectivity index (χ2v) is 7.11. The molecule has 1 fully saturated rings. The van der Waals surface area contributed by atoms with Crippen molar-refractivity contribution in [3.63, 3.8) is 0 Å². The van der Waals surface area contributed by atoms with E-state index in [4.69, 9.17) is 16.3 Å². The molecule has 1 unspecified atom stereocenters. The Hall–Kier alpha value is -1.78. The van der Waals surface area contributed by atoms with E-state index in [1.807, 2.05) is 56.0 Å². The average Bonchev–Trinajstić information content (AvgIpc) is 3.21.